The summed E-state index contributed by atoms with van der Waals surface area (Å²) in [6, 6.07) is 0. The van der Waals surface area contributed by atoms with Crippen molar-refractivity contribution in [2.75, 3.05) is 6.54 Å². The third kappa shape index (κ3) is 0.910. The van der Waals surface area contributed by atoms with Crippen molar-refractivity contribution in [2.45, 2.75) is 17.0 Å². The zero-order valence-electron chi connectivity index (χ0n) is 5.69. The number of fused-ring (bicyclic) bond motifs is 1. The molecule has 0 bridgehead atoms. The number of thioether (sulfide) groups is 1. The Kier molecular flexibility index (Phi) is 1.35. The van der Waals surface area contributed by atoms with Gasteiger partial charge in [-0.05, 0) is 0 Å². The number of carbonyl (C=O) groups excluding carboxylic acids is 1. The second kappa shape index (κ2) is 2.14. The fraction of sp³-hybridized carbons (Fsp3) is 0.667. The molecule has 1 N–H and O–H groups in total. The Morgan fingerprint density at radius 1 is 1.73 bits per heavy atom. The summed E-state index contributed by atoms with van der Waals surface area (Å²) in [5, 5.41) is 8.36. The molecule has 5 heteroatoms. The van der Waals surface area contributed by atoms with Crippen LogP contribution in [-0.2, 0) is 9.59 Å². The molecule has 60 valence electrons. The lowest BCUT2D eigenvalue weighted by atomic mass is 10.2. The van der Waals surface area contributed by atoms with Crippen molar-refractivity contribution in [3.8, 4) is 0 Å². The zero-order valence-corrected chi connectivity index (χ0v) is 6.50. The highest BCUT2D eigenvalue weighted by Gasteiger charge is 2.46. The average Bonchev–Trinajstić information content (AvgIpc) is 2.26. The molecule has 0 aromatic heterocycles. The predicted molar refractivity (Wildman–Crippen MR) is 39.1 cm³/mol. The summed E-state index contributed by atoms with van der Waals surface area (Å²) in [6.45, 7) is 0.392. The van der Waals surface area contributed by atoms with Crippen LogP contribution in [0.4, 0.5) is 0 Å². The molecule has 0 aromatic carbocycles. The third-order valence-corrected chi connectivity index (χ3v) is 3.39. The summed E-state index contributed by atoms with van der Waals surface area (Å²) >= 11 is 1.38. The molecule has 1 amide bonds. The molecule has 2 aliphatic rings. The van der Waals surface area contributed by atoms with Crippen LogP contribution in [0.25, 0.3) is 0 Å². The Labute approximate surface area is 67.6 Å². The number of β-lactam (4-membered cyclic amide) rings is 1. The molecule has 2 aliphatic heterocycles. The summed E-state index contributed by atoms with van der Waals surface area (Å²) in [5.74, 6) is -0.719. The molecule has 1 unspecified atom stereocenters. The summed E-state index contributed by atoms with van der Waals surface area (Å²) in [4.78, 5) is 22.9. The fourth-order valence-electron chi connectivity index (χ4n) is 1.31. The van der Waals surface area contributed by atoms with Crippen molar-refractivity contribution >= 4 is 23.6 Å². The van der Waals surface area contributed by atoms with Crippen LogP contribution in [0.3, 0.4) is 0 Å². The van der Waals surface area contributed by atoms with Crippen molar-refractivity contribution in [3.05, 3.63) is 0 Å². The largest absolute Gasteiger partial charge is 0.480 e. The molecule has 2 heterocycles. The predicted octanol–water partition coefficient (Wildman–Crippen LogP) is -0.255. The first-order chi connectivity index (χ1) is 5.18. The van der Waals surface area contributed by atoms with E-state index in [1.807, 2.05) is 0 Å². The molecule has 11 heavy (non-hydrogen) atoms. The van der Waals surface area contributed by atoms with Crippen LogP contribution in [0.2, 0.25) is 0 Å². The van der Waals surface area contributed by atoms with Crippen molar-refractivity contribution in [2.24, 2.45) is 0 Å². The highest BCUT2D eigenvalue weighted by molar-refractivity contribution is 8.01. The maximum absolute atomic E-state index is 10.8. The van der Waals surface area contributed by atoms with Gasteiger partial charge in [-0.3, -0.25) is 9.59 Å². The van der Waals surface area contributed by atoms with E-state index in [0.29, 0.717) is 13.0 Å². The van der Waals surface area contributed by atoms with E-state index in [1.165, 1.54) is 11.8 Å². The average molecular weight is 173 g/mol. The number of carbonyl (C=O) groups is 2. The summed E-state index contributed by atoms with van der Waals surface area (Å²) in [5.41, 5.74) is 0. The summed E-state index contributed by atoms with van der Waals surface area (Å²) in [7, 11) is 0. The van der Waals surface area contributed by atoms with Crippen LogP contribution in [0.15, 0.2) is 0 Å². The Bertz CT molecular complexity index is 230. The normalized spacial score (nSPS) is 34.9. The van der Waals surface area contributed by atoms with Gasteiger partial charge in [0.25, 0.3) is 0 Å². The molecular formula is C6H7NO3S. The molecule has 4 nitrogen and oxygen atoms in total. The van der Waals surface area contributed by atoms with Crippen molar-refractivity contribution in [3.63, 3.8) is 0 Å². The molecule has 0 aliphatic carbocycles. The number of hydrogen-bond donors (Lipinski definition) is 1. The first-order valence-corrected chi connectivity index (χ1v) is 4.30. The van der Waals surface area contributed by atoms with Crippen LogP contribution in [-0.4, -0.2) is 39.1 Å². The van der Waals surface area contributed by atoms with Crippen molar-refractivity contribution in [1.82, 2.24) is 4.90 Å². The minimum absolute atomic E-state index is 0.0891. The summed E-state index contributed by atoms with van der Waals surface area (Å²) < 4.78 is 0. The van der Waals surface area contributed by atoms with E-state index < -0.39 is 11.2 Å². The van der Waals surface area contributed by atoms with E-state index in [1.54, 1.807) is 4.90 Å². The number of nitrogens with zero attached hydrogens (tertiary/aromatic N) is 1. The first kappa shape index (κ1) is 6.97. The topological polar surface area (TPSA) is 57.6 Å². The van der Waals surface area contributed by atoms with Gasteiger partial charge in [0.2, 0.25) is 5.91 Å². The molecular weight excluding hydrogens is 166 g/mol. The van der Waals surface area contributed by atoms with Gasteiger partial charge in [0.1, 0.15) is 5.25 Å². The second-order valence-corrected chi connectivity index (χ2v) is 4.05. The van der Waals surface area contributed by atoms with Gasteiger partial charge in [0.15, 0.2) is 0 Å². The van der Waals surface area contributed by atoms with Crippen molar-refractivity contribution < 1.29 is 14.7 Å². The smallest absolute Gasteiger partial charge is 0.318 e. The highest BCUT2D eigenvalue weighted by atomic mass is 32.2. The number of carboxylic acids is 1. The van der Waals surface area contributed by atoms with Gasteiger partial charge in [-0.15, -0.1) is 11.8 Å². The van der Waals surface area contributed by atoms with Gasteiger partial charge in [-0.1, -0.05) is 0 Å². The minimum atomic E-state index is -0.808. The van der Waals surface area contributed by atoms with Gasteiger partial charge < -0.3 is 10.0 Å². The lowest BCUT2D eigenvalue weighted by Gasteiger charge is -2.32. The lowest BCUT2D eigenvalue weighted by Crippen LogP contribution is -2.47. The lowest BCUT2D eigenvalue weighted by molar-refractivity contribution is -0.141. The zero-order chi connectivity index (χ0) is 8.01. The Morgan fingerprint density at radius 2 is 2.45 bits per heavy atom. The van der Waals surface area contributed by atoms with Gasteiger partial charge >= 0.3 is 5.97 Å². The van der Waals surface area contributed by atoms with E-state index in [-0.39, 0.29) is 11.3 Å². The van der Waals surface area contributed by atoms with E-state index in [4.69, 9.17) is 5.11 Å². The first-order valence-electron chi connectivity index (χ1n) is 3.36. The monoisotopic (exact) mass is 173 g/mol. The van der Waals surface area contributed by atoms with Crippen molar-refractivity contribution in [1.29, 1.82) is 0 Å². The van der Waals surface area contributed by atoms with E-state index >= 15 is 0 Å². The number of hydrogen-bond acceptors (Lipinski definition) is 3. The standard InChI is InChI=1S/C6H7NO3S/c8-4-1-5-7(4)2-3(11-5)6(9)10/h3,5H,1-2H2,(H,9,10)/t3?,5-/m0/s1. The molecule has 2 saturated heterocycles. The minimum Gasteiger partial charge on any atom is -0.480 e. The Morgan fingerprint density at radius 3 is 2.91 bits per heavy atom. The number of amides is 1. The SMILES string of the molecule is O=C(O)C1CN2C(=O)C[C@@H]2S1. The molecule has 0 aromatic rings. The molecule has 2 fully saturated rings. The maximum atomic E-state index is 10.8. The maximum Gasteiger partial charge on any atom is 0.318 e. The Hall–Kier alpha value is -0.710. The molecule has 2 atom stereocenters. The van der Waals surface area contributed by atoms with Crippen LogP contribution in [0.5, 0.6) is 0 Å². The number of rotatable bonds is 1. The second-order valence-electron chi connectivity index (χ2n) is 2.67. The third-order valence-electron chi connectivity index (χ3n) is 1.98. The fourth-order valence-corrected chi connectivity index (χ4v) is 2.65. The highest BCUT2D eigenvalue weighted by Crippen LogP contribution is 2.39. The van der Waals surface area contributed by atoms with Crippen LogP contribution in [0, 0.1) is 0 Å². The molecule has 0 radical (unpaired) electrons. The Balaban J connectivity index is 2.04. The van der Waals surface area contributed by atoms with Crippen LogP contribution in [0.1, 0.15) is 6.42 Å². The van der Waals surface area contributed by atoms with Gasteiger partial charge in [-0.25, -0.2) is 0 Å². The number of carboxylic acid groups (broad SMARTS) is 1. The van der Waals surface area contributed by atoms with Gasteiger partial charge in [0.05, 0.1) is 11.8 Å². The van der Waals surface area contributed by atoms with Crippen LogP contribution >= 0.6 is 11.8 Å². The van der Waals surface area contributed by atoms with E-state index in [0.717, 1.165) is 0 Å². The molecule has 0 spiro atoms. The van der Waals surface area contributed by atoms with E-state index in [9.17, 15) is 9.59 Å². The van der Waals surface area contributed by atoms with Crippen LogP contribution < -0.4 is 0 Å². The molecule has 0 saturated carbocycles. The quantitative estimate of drug-likeness (QED) is 0.555. The van der Waals surface area contributed by atoms with Gasteiger partial charge in [0, 0.05) is 6.54 Å². The number of aliphatic carboxylic acids is 1. The van der Waals surface area contributed by atoms with E-state index in [2.05, 4.69) is 0 Å². The summed E-state index contributed by atoms with van der Waals surface area (Å²) in [6.07, 6.45) is 0.522. The molecule has 2 rings (SSSR count). The van der Waals surface area contributed by atoms with Gasteiger partial charge in [-0.2, -0.15) is 0 Å².